The van der Waals surface area contributed by atoms with E-state index in [-0.39, 0.29) is 24.9 Å². The van der Waals surface area contributed by atoms with E-state index in [2.05, 4.69) is 74.7 Å². The summed E-state index contributed by atoms with van der Waals surface area (Å²) in [6.07, 6.45) is 56.1. The van der Waals surface area contributed by atoms with Gasteiger partial charge in [0.1, 0.15) is 19.3 Å². The molecule has 384 valence electrons. The van der Waals surface area contributed by atoms with Crippen molar-refractivity contribution in [2.75, 3.05) is 40.9 Å². The van der Waals surface area contributed by atoms with Crippen LogP contribution in [0.5, 0.6) is 0 Å². The molecule has 0 aliphatic rings. The maximum absolute atomic E-state index is 13.4. The molecule has 0 heterocycles. The van der Waals surface area contributed by atoms with Gasteiger partial charge in [0, 0.05) is 12.8 Å². The minimum absolute atomic E-state index is 0.0288. The van der Waals surface area contributed by atoms with Gasteiger partial charge in [0.15, 0.2) is 0 Å². The first kappa shape index (κ1) is 63.7. The van der Waals surface area contributed by atoms with E-state index in [9.17, 15) is 19.0 Å². The van der Waals surface area contributed by atoms with Gasteiger partial charge in [-0.3, -0.25) is 14.2 Å². The van der Waals surface area contributed by atoms with Crippen molar-refractivity contribution >= 4 is 19.7 Å². The zero-order valence-electron chi connectivity index (χ0n) is 43.6. The first-order valence-electron chi connectivity index (χ1n) is 27.1. The molecule has 0 spiro atoms. The van der Waals surface area contributed by atoms with Gasteiger partial charge in [-0.1, -0.05) is 191 Å². The third-order valence-electron chi connectivity index (χ3n) is 11.7. The summed E-state index contributed by atoms with van der Waals surface area (Å²) in [6.45, 7) is 6.68. The number of unbranched alkanes of at least 4 members (excludes halogenated alkanes) is 24. The van der Waals surface area contributed by atoms with Gasteiger partial charge in [-0.2, -0.15) is 0 Å². The van der Waals surface area contributed by atoms with Crippen molar-refractivity contribution in [3.05, 3.63) is 60.8 Å². The lowest BCUT2D eigenvalue weighted by Gasteiger charge is -2.30. The quantitative estimate of drug-likeness (QED) is 0.0212. The Kier molecular flexibility index (Phi) is 44.8. The van der Waals surface area contributed by atoms with Crippen molar-refractivity contribution in [3.63, 3.8) is 0 Å². The zero-order valence-corrected chi connectivity index (χ0v) is 44.5. The van der Waals surface area contributed by atoms with Gasteiger partial charge in [-0.15, -0.1) is 0 Å². The molecule has 0 saturated heterocycles. The number of ether oxygens (including phenoxy) is 1. The molecule has 10 heteroatoms. The second-order valence-electron chi connectivity index (χ2n) is 19.3. The van der Waals surface area contributed by atoms with Crippen LogP contribution in [0.4, 0.5) is 0 Å². The summed E-state index contributed by atoms with van der Waals surface area (Å²) in [5.74, 6) is -0.577. The molecule has 1 amide bonds. The monoisotopic (exact) mass is 947 g/mol. The topological polar surface area (TPSA) is 114 Å². The smallest absolute Gasteiger partial charge is 0.306 e. The minimum atomic E-state index is -4.70. The van der Waals surface area contributed by atoms with E-state index in [4.69, 9.17) is 13.8 Å². The van der Waals surface area contributed by atoms with Gasteiger partial charge >= 0.3 is 5.97 Å². The van der Waals surface area contributed by atoms with Gasteiger partial charge in [0.05, 0.1) is 33.8 Å². The fourth-order valence-corrected chi connectivity index (χ4v) is 8.19. The van der Waals surface area contributed by atoms with Crippen molar-refractivity contribution in [1.82, 2.24) is 5.32 Å². The van der Waals surface area contributed by atoms with Gasteiger partial charge in [0.25, 0.3) is 7.82 Å². The molecule has 0 aromatic heterocycles. The number of nitrogens with one attached hydrogen (secondary N) is 1. The lowest BCUT2D eigenvalue weighted by atomic mass is 10.1. The molecule has 0 saturated carbocycles. The summed E-state index contributed by atoms with van der Waals surface area (Å²) >= 11 is 0. The zero-order chi connectivity index (χ0) is 48.7. The van der Waals surface area contributed by atoms with E-state index in [1.54, 1.807) is 0 Å². The summed E-state index contributed by atoms with van der Waals surface area (Å²) in [6, 6.07) is -0.900. The van der Waals surface area contributed by atoms with E-state index in [1.807, 2.05) is 33.3 Å². The Labute approximate surface area is 407 Å². The van der Waals surface area contributed by atoms with Crippen molar-refractivity contribution in [2.45, 2.75) is 245 Å². The molecule has 0 aromatic carbocycles. The van der Waals surface area contributed by atoms with E-state index in [0.29, 0.717) is 23.9 Å². The van der Waals surface area contributed by atoms with Gasteiger partial charge in [-0.25, -0.2) is 0 Å². The number of rotatable bonds is 48. The van der Waals surface area contributed by atoms with E-state index >= 15 is 0 Å². The highest BCUT2D eigenvalue weighted by Gasteiger charge is 2.27. The van der Waals surface area contributed by atoms with Crippen LogP contribution in [0.1, 0.15) is 233 Å². The highest BCUT2D eigenvalue weighted by atomic mass is 31.2. The number of hydrogen-bond donors (Lipinski definition) is 1. The maximum Gasteiger partial charge on any atom is 0.306 e. The summed E-state index contributed by atoms with van der Waals surface area (Å²) in [5, 5.41) is 3.00. The van der Waals surface area contributed by atoms with Crippen molar-refractivity contribution in [3.8, 4) is 0 Å². The summed E-state index contributed by atoms with van der Waals surface area (Å²) in [5.41, 5.74) is 0. The largest absolute Gasteiger partial charge is 0.756 e. The Morgan fingerprint density at radius 1 is 0.545 bits per heavy atom. The molecule has 0 radical (unpaired) electrons. The van der Waals surface area contributed by atoms with Gasteiger partial charge < -0.3 is 28.5 Å². The molecule has 0 bridgehead atoms. The molecule has 0 aliphatic heterocycles. The first-order valence-corrected chi connectivity index (χ1v) is 28.6. The molecule has 1 N–H and O–H groups in total. The Bertz CT molecular complexity index is 1320. The van der Waals surface area contributed by atoms with Crippen LogP contribution in [-0.4, -0.2) is 69.4 Å². The van der Waals surface area contributed by atoms with Crippen LogP contribution in [-0.2, 0) is 27.9 Å². The summed E-state index contributed by atoms with van der Waals surface area (Å²) in [4.78, 5) is 39.7. The number of phosphoric acid groups is 1. The lowest BCUT2D eigenvalue weighted by Crippen LogP contribution is -2.47. The molecule has 0 aliphatic carbocycles. The number of hydrogen-bond acceptors (Lipinski definition) is 7. The Hall–Kier alpha value is -2.29. The first-order chi connectivity index (χ1) is 31.9. The Morgan fingerprint density at radius 3 is 1.48 bits per heavy atom. The number of phosphoric ester groups is 1. The third kappa shape index (κ3) is 46.8. The highest BCUT2D eigenvalue weighted by Crippen LogP contribution is 2.38. The number of carbonyl (C=O) groups is 2. The molecular weight excluding hydrogens is 844 g/mol. The number of nitrogens with zero attached hydrogens (tertiary/aromatic N) is 1. The fourth-order valence-electron chi connectivity index (χ4n) is 7.47. The SMILES string of the molecule is CC/C=C/C/C=C/C/C=C/CCCCCCCCC(=O)NC(COP(=O)([O-])OCC[N+](C)(C)C)C(/C=C/CCCCCCCCCCC)OC(=O)CCCCC/C=C\CCCCCCCC. The lowest BCUT2D eigenvalue weighted by molar-refractivity contribution is -0.870. The number of likely N-dealkylation sites (N-methyl/N-ethyl adjacent to an activating group) is 1. The standard InChI is InChI=1S/C56H103N2O7P/c1-7-10-13-16-19-22-25-27-28-29-31-33-36-39-42-45-48-55(59)57-53(52-64-66(61,62)63-51-50-58(4,5)6)54(47-44-41-38-35-32-24-21-18-15-12-9-3)65-56(60)49-46-43-40-37-34-30-26-23-20-17-14-11-8-2/h10,13,19,22,27-28,30,34,44,47,53-54H,7-9,11-12,14-18,20-21,23-26,29,31-33,35-43,45-46,48-52H2,1-6H3,(H-,57,59,61,62)/b13-10+,22-19+,28-27+,34-30-,47-44+. The number of amides is 1. The number of carbonyl (C=O) groups excluding carboxylic acids is 2. The normalized spacial score (nSPS) is 14.3. The van der Waals surface area contributed by atoms with Gasteiger partial charge in [0.2, 0.25) is 5.91 Å². The highest BCUT2D eigenvalue weighted by molar-refractivity contribution is 7.45. The van der Waals surface area contributed by atoms with Crippen LogP contribution in [0.25, 0.3) is 0 Å². The summed E-state index contributed by atoms with van der Waals surface area (Å²) < 4.78 is 30.1. The molecule has 0 rings (SSSR count). The van der Waals surface area contributed by atoms with E-state index < -0.39 is 26.6 Å². The molecular formula is C56H103N2O7P. The number of allylic oxidation sites excluding steroid dienone is 9. The molecule has 0 fully saturated rings. The second-order valence-corrected chi connectivity index (χ2v) is 20.8. The second kappa shape index (κ2) is 46.4. The fraction of sp³-hybridized carbons (Fsp3) is 0.786. The van der Waals surface area contributed by atoms with Crippen LogP contribution < -0.4 is 10.2 Å². The van der Waals surface area contributed by atoms with Crippen molar-refractivity contribution in [2.24, 2.45) is 0 Å². The Balaban J connectivity index is 5.41. The van der Waals surface area contributed by atoms with Crippen LogP contribution in [0.2, 0.25) is 0 Å². The maximum atomic E-state index is 13.4. The van der Waals surface area contributed by atoms with Gasteiger partial charge in [-0.05, 0) is 89.5 Å². The van der Waals surface area contributed by atoms with Crippen LogP contribution in [0.3, 0.4) is 0 Å². The minimum Gasteiger partial charge on any atom is -0.756 e. The third-order valence-corrected chi connectivity index (χ3v) is 12.6. The summed E-state index contributed by atoms with van der Waals surface area (Å²) in [7, 11) is 1.16. The van der Waals surface area contributed by atoms with Crippen LogP contribution in [0.15, 0.2) is 60.8 Å². The van der Waals surface area contributed by atoms with Crippen LogP contribution in [0, 0.1) is 0 Å². The molecule has 3 unspecified atom stereocenters. The van der Waals surface area contributed by atoms with Crippen molar-refractivity contribution < 1.29 is 37.3 Å². The average Bonchev–Trinajstić information content (AvgIpc) is 3.27. The molecule has 9 nitrogen and oxygen atoms in total. The van der Waals surface area contributed by atoms with Crippen LogP contribution >= 0.6 is 7.82 Å². The molecule has 0 aromatic rings. The predicted molar refractivity (Wildman–Crippen MR) is 279 cm³/mol. The predicted octanol–water partition coefficient (Wildman–Crippen LogP) is 15.3. The van der Waals surface area contributed by atoms with E-state index in [1.165, 1.54) is 83.5 Å². The molecule has 66 heavy (non-hydrogen) atoms. The number of quaternary nitrogens is 1. The number of esters is 1. The van der Waals surface area contributed by atoms with E-state index in [0.717, 1.165) is 109 Å². The molecule has 3 atom stereocenters. The average molecular weight is 947 g/mol. The Morgan fingerprint density at radius 2 is 0.970 bits per heavy atom. The van der Waals surface area contributed by atoms with Crippen molar-refractivity contribution in [1.29, 1.82) is 0 Å².